The van der Waals surface area contributed by atoms with Gasteiger partial charge in [-0.05, 0) is 18.6 Å². The summed E-state index contributed by atoms with van der Waals surface area (Å²) in [5.41, 5.74) is 0.964. The second-order valence-corrected chi connectivity index (χ2v) is 3.85. The molecule has 0 spiro atoms. The van der Waals surface area contributed by atoms with E-state index in [1.54, 1.807) is 6.08 Å². The Morgan fingerprint density at radius 3 is 2.88 bits per heavy atom. The minimum atomic E-state index is 0.522. The van der Waals surface area contributed by atoms with Gasteiger partial charge in [-0.25, -0.2) is 0 Å². The summed E-state index contributed by atoms with van der Waals surface area (Å²) in [7, 11) is 0. The Balaban J connectivity index is 2.59. The molecule has 0 radical (unpaired) electrons. The molecule has 1 rings (SSSR count). The van der Waals surface area contributed by atoms with E-state index in [1.807, 2.05) is 24.3 Å². The molecule has 0 saturated heterocycles. The summed E-state index contributed by atoms with van der Waals surface area (Å²) < 4.78 is 5.54. The van der Waals surface area contributed by atoms with E-state index < -0.39 is 0 Å². The smallest absolute Gasteiger partial charge is 0.135 e. The van der Waals surface area contributed by atoms with Crippen molar-refractivity contribution in [2.24, 2.45) is 0 Å². The average molecular weight is 228 g/mol. The van der Waals surface area contributed by atoms with E-state index in [0.29, 0.717) is 6.61 Å². The Labute approximate surface area is 105 Å². The lowest BCUT2D eigenvalue weighted by molar-refractivity contribution is 0.362. The summed E-state index contributed by atoms with van der Waals surface area (Å²) in [6, 6.07) is 7.88. The van der Waals surface area contributed by atoms with Gasteiger partial charge in [0.15, 0.2) is 0 Å². The third-order valence-corrected chi connectivity index (χ3v) is 2.37. The van der Waals surface area contributed by atoms with Gasteiger partial charge in [-0.2, -0.15) is 0 Å². The summed E-state index contributed by atoms with van der Waals surface area (Å²) in [5, 5.41) is 0. The van der Waals surface area contributed by atoms with Crippen LogP contribution in [0, 0.1) is 11.8 Å². The van der Waals surface area contributed by atoms with Crippen molar-refractivity contribution in [3.05, 3.63) is 42.5 Å². The molecule has 0 aliphatic heterocycles. The van der Waals surface area contributed by atoms with Gasteiger partial charge in [-0.1, -0.05) is 56.4 Å². The van der Waals surface area contributed by atoms with Crippen molar-refractivity contribution in [1.82, 2.24) is 0 Å². The van der Waals surface area contributed by atoms with E-state index in [4.69, 9.17) is 4.74 Å². The maximum atomic E-state index is 5.54. The normalized spacial score (nSPS) is 9.24. The van der Waals surface area contributed by atoms with Crippen LogP contribution in [0.15, 0.2) is 36.9 Å². The van der Waals surface area contributed by atoms with Crippen LogP contribution in [0.4, 0.5) is 0 Å². The molecule has 0 bridgehead atoms. The number of unbranched alkanes of at least 4 members (excludes halogenated alkanes) is 3. The molecule has 1 nitrogen and oxygen atoms in total. The first kappa shape index (κ1) is 13.4. The van der Waals surface area contributed by atoms with E-state index in [-0.39, 0.29) is 0 Å². The highest BCUT2D eigenvalue weighted by Crippen LogP contribution is 2.16. The Hall–Kier alpha value is -1.68. The topological polar surface area (TPSA) is 9.23 Å². The predicted molar refractivity (Wildman–Crippen MR) is 73.2 cm³/mol. The number of benzene rings is 1. The van der Waals surface area contributed by atoms with Crippen molar-refractivity contribution < 1.29 is 4.74 Å². The summed E-state index contributed by atoms with van der Waals surface area (Å²) in [6.45, 7) is 6.36. The Morgan fingerprint density at radius 2 is 2.12 bits per heavy atom. The maximum absolute atomic E-state index is 5.54. The van der Waals surface area contributed by atoms with Crippen molar-refractivity contribution in [2.45, 2.75) is 32.6 Å². The first-order valence-electron chi connectivity index (χ1n) is 6.20. The molecule has 0 unspecified atom stereocenters. The molecular weight excluding hydrogens is 208 g/mol. The molecule has 1 aromatic rings. The van der Waals surface area contributed by atoms with Gasteiger partial charge in [0.05, 0.1) is 5.56 Å². The summed E-state index contributed by atoms with van der Waals surface area (Å²) in [5.74, 6) is 7.21. The molecule has 90 valence electrons. The van der Waals surface area contributed by atoms with Gasteiger partial charge in [0.1, 0.15) is 12.4 Å². The molecule has 1 aromatic carbocycles. The van der Waals surface area contributed by atoms with Gasteiger partial charge < -0.3 is 4.74 Å². The van der Waals surface area contributed by atoms with Crippen LogP contribution in [0.5, 0.6) is 5.75 Å². The van der Waals surface area contributed by atoms with Crippen LogP contribution in [0.3, 0.4) is 0 Å². The average Bonchev–Trinajstić information content (AvgIpc) is 2.37. The fourth-order valence-electron chi connectivity index (χ4n) is 1.47. The monoisotopic (exact) mass is 228 g/mol. The molecule has 0 N–H and O–H groups in total. The lowest BCUT2D eigenvalue weighted by Gasteiger charge is -2.04. The van der Waals surface area contributed by atoms with Crippen molar-refractivity contribution in [2.75, 3.05) is 6.61 Å². The second-order valence-electron chi connectivity index (χ2n) is 3.85. The highest BCUT2D eigenvalue weighted by Gasteiger charge is 1.97. The largest absolute Gasteiger partial charge is 0.488 e. The number of ether oxygens (including phenoxy) is 1. The van der Waals surface area contributed by atoms with Crippen LogP contribution in [-0.2, 0) is 0 Å². The van der Waals surface area contributed by atoms with Crippen LogP contribution >= 0.6 is 0 Å². The fourth-order valence-corrected chi connectivity index (χ4v) is 1.47. The van der Waals surface area contributed by atoms with Gasteiger partial charge in [0, 0.05) is 6.42 Å². The molecule has 0 fully saturated rings. The molecule has 0 aliphatic carbocycles. The van der Waals surface area contributed by atoms with Crippen LogP contribution in [0.2, 0.25) is 0 Å². The zero-order chi connectivity index (χ0) is 12.3. The van der Waals surface area contributed by atoms with Crippen molar-refractivity contribution in [1.29, 1.82) is 0 Å². The van der Waals surface area contributed by atoms with Crippen molar-refractivity contribution in [3.63, 3.8) is 0 Å². The molecule has 0 aliphatic rings. The van der Waals surface area contributed by atoms with Crippen LogP contribution in [0.25, 0.3) is 0 Å². The second kappa shape index (κ2) is 8.47. The molecule has 0 aromatic heterocycles. The lowest BCUT2D eigenvalue weighted by atomic mass is 10.1. The fraction of sp³-hybridized carbons (Fsp3) is 0.375. The van der Waals surface area contributed by atoms with E-state index in [2.05, 4.69) is 25.3 Å². The highest BCUT2D eigenvalue weighted by atomic mass is 16.5. The van der Waals surface area contributed by atoms with Gasteiger partial charge in [0.25, 0.3) is 0 Å². The zero-order valence-corrected chi connectivity index (χ0v) is 10.5. The van der Waals surface area contributed by atoms with Gasteiger partial charge in [-0.3, -0.25) is 0 Å². The third-order valence-electron chi connectivity index (χ3n) is 2.37. The quantitative estimate of drug-likeness (QED) is 0.403. The molecule has 0 saturated carbocycles. The van der Waals surface area contributed by atoms with Crippen LogP contribution < -0.4 is 4.74 Å². The van der Waals surface area contributed by atoms with Crippen molar-refractivity contribution in [3.8, 4) is 17.6 Å². The first-order valence-corrected chi connectivity index (χ1v) is 6.20. The van der Waals surface area contributed by atoms with Crippen LogP contribution in [0.1, 0.15) is 38.2 Å². The standard InChI is InChI=1S/C16H20O/c1-3-5-6-7-8-11-15-12-9-10-13-16(15)17-14-4-2/h4,9-10,12-13H,2-3,5-7,14H2,1H3. The van der Waals surface area contributed by atoms with Crippen LogP contribution in [-0.4, -0.2) is 6.61 Å². The Kier molecular flexibility index (Phi) is 6.67. The summed E-state index contributed by atoms with van der Waals surface area (Å²) in [6.07, 6.45) is 6.37. The number of hydrogen-bond acceptors (Lipinski definition) is 1. The minimum absolute atomic E-state index is 0.522. The Morgan fingerprint density at radius 1 is 1.29 bits per heavy atom. The SMILES string of the molecule is C=CCOc1ccccc1C#CCCCCC. The van der Waals surface area contributed by atoms with Gasteiger partial charge >= 0.3 is 0 Å². The van der Waals surface area contributed by atoms with E-state index in [0.717, 1.165) is 17.7 Å². The summed E-state index contributed by atoms with van der Waals surface area (Å²) in [4.78, 5) is 0. The minimum Gasteiger partial charge on any atom is -0.488 e. The predicted octanol–water partition coefficient (Wildman–Crippen LogP) is 4.18. The number of para-hydroxylation sites is 1. The van der Waals surface area contributed by atoms with Crippen molar-refractivity contribution >= 4 is 0 Å². The molecule has 17 heavy (non-hydrogen) atoms. The van der Waals surface area contributed by atoms with E-state index >= 15 is 0 Å². The van der Waals surface area contributed by atoms with Gasteiger partial charge in [0.2, 0.25) is 0 Å². The molecule has 0 atom stereocenters. The molecule has 0 amide bonds. The zero-order valence-electron chi connectivity index (χ0n) is 10.5. The Bertz CT molecular complexity index is 395. The van der Waals surface area contributed by atoms with E-state index in [9.17, 15) is 0 Å². The molecular formula is C16H20O. The number of rotatable bonds is 6. The highest BCUT2D eigenvalue weighted by molar-refractivity contribution is 5.45. The third kappa shape index (κ3) is 5.26. The molecule has 0 heterocycles. The maximum Gasteiger partial charge on any atom is 0.135 e. The molecule has 1 heteroatoms. The van der Waals surface area contributed by atoms with E-state index in [1.165, 1.54) is 19.3 Å². The number of hydrogen-bond donors (Lipinski definition) is 0. The first-order chi connectivity index (χ1) is 8.38. The lowest BCUT2D eigenvalue weighted by Crippen LogP contribution is -1.94. The summed E-state index contributed by atoms with van der Waals surface area (Å²) >= 11 is 0. The van der Waals surface area contributed by atoms with Gasteiger partial charge in [-0.15, -0.1) is 0 Å².